The zero-order chi connectivity index (χ0) is 20.8. The van der Waals surface area contributed by atoms with Gasteiger partial charge in [0.2, 0.25) is 5.91 Å². The summed E-state index contributed by atoms with van der Waals surface area (Å²) in [6, 6.07) is 12.5. The molecule has 0 bridgehead atoms. The summed E-state index contributed by atoms with van der Waals surface area (Å²) >= 11 is 0. The zero-order valence-electron chi connectivity index (χ0n) is 16.3. The van der Waals surface area contributed by atoms with E-state index in [2.05, 4.69) is 10.4 Å². The summed E-state index contributed by atoms with van der Waals surface area (Å²) in [7, 11) is 2.93. The van der Waals surface area contributed by atoms with E-state index in [0.717, 1.165) is 10.2 Å². The van der Waals surface area contributed by atoms with Crippen molar-refractivity contribution in [2.24, 2.45) is 0 Å². The molecule has 0 saturated heterocycles. The molecule has 0 saturated carbocycles. The molecular formula is C21H23N3O5. The minimum Gasteiger partial charge on any atom is -0.493 e. The van der Waals surface area contributed by atoms with Gasteiger partial charge in [-0.2, -0.15) is 5.10 Å². The van der Waals surface area contributed by atoms with Gasteiger partial charge in [-0.15, -0.1) is 0 Å². The van der Waals surface area contributed by atoms with Crippen molar-refractivity contribution < 1.29 is 19.4 Å². The lowest BCUT2D eigenvalue weighted by molar-refractivity contribution is -0.122. The first-order chi connectivity index (χ1) is 14.1. The number of hydrogen-bond acceptors (Lipinski definition) is 6. The minimum absolute atomic E-state index is 0.217. The second-order valence-electron chi connectivity index (χ2n) is 6.51. The maximum Gasteiger partial charge on any atom is 0.279 e. The van der Waals surface area contributed by atoms with E-state index in [-0.39, 0.29) is 18.5 Å². The highest BCUT2D eigenvalue weighted by Gasteiger charge is 2.17. The third-order valence-electron chi connectivity index (χ3n) is 4.57. The van der Waals surface area contributed by atoms with E-state index in [1.54, 1.807) is 12.1 Å². The number of benzene rings is 2. The maximum atomic E-state index is 12.9. The average molecular weight is 397 g/mol. The third-order valence-corrected chi connectivity index (χ3v) is 4.57. The van der Waals surface area contributed by atoms with Crippen LogP contribution in [0.1, 0.15) is 5.56 Å². The number of hydrogen-bond donors (Lipinski definition) is 2. The quantitative estimate of drug-likeness (QED) is 0.591. The Morgan fingerprint density at radius 3 is 2.59 bits per heavy atom. The van der Waals surface area contributed by atoms with E-state index in [0.29, 0.717) is 23.3 Å². The summed E-state index contributed by atoms with van der Waals surface area (Å²) in [6.45, 7) is -0.494. The molecule has 0 aliphatic carbocycles. The lowest BCUT2D eigenvalue weighted by atomic mass is 10.1. The predicted molar refractivity (Wildman–Crippen MR) is 108 cm³/mol. The lowest BCUT2D eigenvalue weighted by Crippen LogP contribution is -2.42. The Morgan fingerprint density at radius 1 is 1.17 bits per heavy atom. The van der Waals surface area contributed by atoms with Crippen LogP contribution in [0.25, 0.3) is 10.8 Å². The van der Waals surface area contributed by atoms with Gasteiger partial charge in [0, 0.05) is 5.39 Å². The molecule has 152 valence electrons. The van der Waals surface area contributed by atoms with Crippen LogP contribution in [0.2, 0.25) is 0 Å². The number of rotatable bonds is 8. The topological polar surface area (TPSA) is 103 Å². The maximum absolute atomic E-state index is 12.9. The summed E-state index contributed by atoms with van der Waals surface area (Å²) < 4.78 is 11.6. The molecule has 1 amide bonds. The van der Waals surface area contributed by atoms with Crippen molar-refractivity contribution in [2.45, 2.75) is 19.0 Å². The normalized spacial score (nSPS) is 11.8. The number of aliphatic hydroxyl groups excluding tert-OH is 1. The van der Waals surface area contributed by atoms with Gasteiger partial charge in [-0.25, -0.2) is 4.68 Å². The van der Waals surface area contributed by atoms with Crippen LogP contribution in [-0.2, 0) is 17.8 Å². The molecule has 0 fully saturated rings. The van der Waals surface area contributed by atoms with E-state index < -0.39 is 17.5 Å². The van der Waals surface area contributed by atoms with E-state index in [1.165, 1.54) is 20.4 Å². The molecule has 1 aromatic heterocycles. The molecule has 8 nitrogen and oxygen atoms in total. The van der Waals surface area contributed by atoms with Crippen LogP contribution in [0, 0.1) is 0 Å². The Labute approximate surface area is 167 Å². The first-order valence-corrected chi connectivity index (χ1v) is 9.12. The van der Waals surface area contributed by atoms with Crippen molar-refractivity contribution >= 4 is 16.7 Å². The van der Waals surface area contributed by atoms with E-state index in [9.17, 15) is 14.7 Å². The summed E-state index contributed by atoms with van der Waals surface area (Å²) in [4.78, 5) is 25.4. The van der Waals surface area contributed by atoms with Crippen LogP contribution >= 0.6 is 0 Å². The Balaban J connectivity index is 1.81. The molecule has 1 atom stereocenters. The molecule has 0 aliphatic heterocycles. The number of carbonyl (C=O) groups is 1. The highest BCUT2D eigenvalue weighted by atomic mass is 16.5. The summed E-state index contributed by atoms with van der Waals surface area (Å²) in [5.74, 6) is 0.294. The van der Waals surface area contributed by atoms with Gasteiger partial charge in [0.25, 0.3) is 5.56 Å². The summed E-state index contributed by atoms with van der Waals surface area (Å²) in [6.07, 6.45) is 1.98. The molecule has 8 heteroatoms. The second kappa shape index (κ2) is 9.20. The molecule has 0 unspecified atom stereocenters. The fourth-order valence-corrected chi connectivity index (χ4v) is 3.17. The van der Waals surface area contributed by atoms with Crippen LogP contribution < -0.4 is 20.3 Å². The van der Waals surface area contributed by atoms with Gasteiger partial charge in [0.15, 0.2) is 11.5 Å². The van der Waals surface area contributed by atoms with Gasteiger partial charge in [0.05, 0.1) is 38.5 Å². The molecule has 1 heterocycles. The zero-order valence-corrected chi connectivity index (χ0v) is 16.3. The highest BCUT2D eigenvalue weighted by molar-refractivity contribution is 5.89. The third kappa shape index (κ3) is 4.55. The molecule has 0 radical (unpaired) electrons. The van der Waals surface area contributed by atoms with Crippen LogP contribution in [-0.4, -0.2) is 47.7 Å². The van der Waals surface area contributed by atoms with Gasteiger partial charge < -0.3 is 19.9 Å². The standard InChI is InChI=1S/C21H23N3O5/c1-28-17-9-8-15-11-22-24(21(27)19(15)20(17)29-2)12-18(26)23-16(13-25)10-14-6-4-3-5-7-14/h3-9,11,16,25H,10,12-13H2,1-2H3,(H,23,26)/t16-/m1/s1. The Hall–Kier alpha value is -3.39. The number of methoxy groups -OCH3 is 2. The van der Waals surface area contributed by atoms with Gasteiger partial charge in [0.1, 0.15) is 6.54 Å². The summed E-state index contributed by atoms with van der Waals surface area (Å²) in [5, 5.41) is 17.3. The Bertz CT molecular complexity index is 1050. The SMILES string of the molecule is COc1ccc2cnn(CC(=O)N[C@@H](CO)Cc3ccccc3)c(=O)c2c1OC. The highest BCUT2D eigenvalue weighted by Crippen LogP contribution is 2.32. The van der Waals surface area contributed by atoms with Crippen LogP contribution in [0.4, 0.5) is 0 Å². The van der Waals surface area contributed by atoms with Gasteiger partial charge in [-0.05, 0) is 24.1 Å². The number of nitrogens with one attached hydrogen (secondary N) is 1. The van der Waals surface area contributed by atoms with Crippen molar-refractivity contribution in [3.8, 4) is 11.5 Å². The fraction of sp³-hybridized carbons (Fsp3) is 0.286. The number of fused-ring (bicyclic) bond motifs is 1. The summed E-state index contributed by atoms with van der Waals surface area (Å²) in [5.41, 5.74) is 0.529. The van der Waals surface area contributed by atoms with Crippen molar-refractivity contribution in [1.29, 1.82) is 0 Å². The van der Waals surface area contributed by atoms with Crippen molar-refractivity contribution in [3.05, 3.63) is 64.6 Å². The number of nitrogens with zero attached hydrogens (tertiary/aromatic N) is 2. The average Bonchev–Trinajstić information content (AvgIpc) is 2.75. The predicted octanol–water partition coefficient (Wildman–Crippen LogP) is 1.13. The molecule has 0 spiro atoms. The van der Waals surface area contributed by atoms with Crippen LogP contribution in [0.5, 0.6) is 11.5 Å². The van der Waals surface area contributed by atoms with Crippen LogP contribution in [0.15, 0.2) is 53.5 Å². The number of carbonyl (C=O) groups excluding carboxylic acids is 1. The first kappa shape index (κ1) is 20.3. The largest absolute Gasteiger partial charge is 0.493 e. The van der Waals surface area contributed by atoms with Crippen molar-refractivity contribution in [1.82, 2.24) is 15.1 Å². The molecule has 2 N–H and O–H groups in total. The Morgan fingerprint density at radius 2 is 1.93 bits per heavy atom. The van der Waals surface area contributed by atoms with Crippen molar-refractivity contribution in [3.63, 3.8) is 0 Å². The molecule has 2 aromatic carbocycles. The fourth-order valence-electron chi connectivity index (χ4n) is 3.17. The molecule has 3 aromatic rings. The van der Waals surface area contributed by atoms with E-state index in [4.69, 9.17) is 9.47 Å². The van der Waals surface area contributed by atoms with E-state index >= 15 is 0 Å². The monoisotopic (exact) mass is 397 g/mol. The van der Waals surface area contributed by atoms with Gasteiger partial charge >= 0.3 is 0 Å². The molecular weight excluding hydrogens is 374 g/mol. The Kier molecular flexibility index (Phi) is 6.46. The molecule has 0 aliphatic rings. The number of amides is 1. The van der Waals surface area contributed by atoms with Gasteiger partial charge in [-0.3, -0.25) is 9.59 Å². The van der Waals surface area contributed by atoms with Crippen LogP contribution in [0.3, 0.4) is 0 Å². The molecule has 29 heavy (non-hydrogen) atoms. The lowest BCUT2D eigenvalue weighted by Gasteiger charge is -2.17. The van der Waals surface area contributed by atoms with Crippen molar-refractivity contribution in [2.75, 3.05) is 20.8 Å². The second-order valence-corrected chi connectivity index (χ2v) is 6.51. The number of ether oxygens (including phenoxy) is 2. The molecule has 3 rings (SSSR count). The smallest absolute Gasteiger partial charge is 0.279 e. The first-order valence-electron chi connectivity index (χ1n) is 9.12. The number of aromatic nitrogens is 2. The van der Waals surface area contributed by atoms with E-state index in [1.807, 2.05) is 30.3 Å². The van der Waals surface area contributed by atoms with Gasteiger partial charge in [-0.1, -0.05) is 30.3 Å². The minimum atomic E-state index is -0.462. The number of aliphatic hydroxyl groups is 1.